The predicted molar refractivity (Wildman–Crippen MR) is 47.6 cm³/mol. The molecule has 4 N–H and O–H groups in total. The Hall–Kier alpha value is -1.10. The van der Waals surface area contributed by atoms with Gasteiger partial charge in [0.1, 0.15) is 0 Å². The molecule has 1 saturated heterocycles. The number of primary amides is 2. The molecule has 1 heterocycles. The first-order valence-electron chi connectivity index (χ1n) is 4.45. The Labute approximate surface area is 77.1 Å². The molecule has 74 valence electrons. The fourth-order valence-electron chi connectivity index (χ4n) is 1.68. The van der Waals surface area contributed by atoms with Crippen molar-refractivity contribution in [3.8, 4) is 0 Å². The molecule has 0 aliphatic carbocycles. The van der Waals surface area contributed by atoms with Crippen LogP contribution < -0.4 is 11.5 Å². The van der Waals surface area contributed by atoms with Gasteiger partial charge in [-0.3, -0.25) is 14.5 Å². The largest absolute Gasteiger partial charge is 0.368 e. The number of carbonyl (C=O) groups is 2. The average Bonchev–Trinajstić information content (AvgIpc) is 2.04. The molecule has 1 aliphatic rings. The molecular weight excluding hydrogens is 170 g/mol. The van der Waals surface area contributed by atoms with Crippen molar-refractivity contribution in [2.75, 3.05) is 13.1 Å². The fraction of sp³-hybridized carbons (Fsp3) is 0.750. The average molecular weight is 185 g/mol. The predicted octanol–water partition coefficient (Wildman–Crippen LogP) is -1.19. The van der Waals surface area contributed by atoms with Crippen LogP contribution in [0.2, 0.25) is 0 Å². The SMILES string of the molecule is NC(=O)C(C(N)=O)N1CCCCC1. The summed E-state index contributed by atoms with van der Waals surface area (Å²) in [5.74, 6) is -1.29. The first kappa shape index (κ1) is 9.98. The summed E-state index contributed by atoms with van der Waals surface area (Å²) in [5.41, 5.74) is 10.2. The van der Waals surface area contributed by atoms with Gasteiger partial charge in [0.2, 0.25) is 11.8 Å². The summed E-state index contributed by atoms with van der Waals surface area (Å²) in [4.78, 5) is 23.6. The lowest BCUT2D eigenvalue weighted by Crippen LogP contribution is -2.54. The number of amides is 2. The molecular formula is C8H15N3O2. The summed E-state index contributed by atoms with van der Waals surface area (Å²) in [5, 5.41) is 0. The van der Waals surface area contributed by atoms with E-state index in [2.05, 4.69) is 0 Å². The van der Waals surface area contributed by atoms with Gasteiger partial charge in [0, 0.05) is 0 Å². The van der Waals surface area contributed by atoms with Crippen molar-refractivity contribution in [1.82, 2.24) is 4.90 Å². The van der Waals surface area contributed by atoms with Crippen LogP contribution in [0.1, 0.15) is 19.3 Å². The van der Waals surface area contributed by atoms with Gasteiger partial charge >= 0.3 is 0 Å². The van der Waals surface area contributed by atoms with Gasteiger partial charge in [-0.25, -0.2) is 0 Å². The van der Waals surface area contributed by atoms with Crippen molar-refractivity contribution >= 4 is 11.8 Å². The zero-order chi connectivity index (χ0) is 9.84. The van der Waals surface area contributed by atoms with Crippen LogP contribution in [0.5, 0.6) is 0 Å². The number of hydrogen-bond donors (Lipinski definition) is 2. The van der Waals surface area contributed by atoms with Crippen LogP contribution in [0.15, 0.2) is 0 Å². The minimum atomic E-state index is -0.916. The third-order valence-corrected chi connectivity index (χ3v) is 2.29. The first-order chi connectivity index (χ1) is 6.13. The summed E-state index contributed by atoms with van der Waals surface area (Å²) in [7, 11) is 0. The molecule has 5 nitrogen and oxygen atoms in total. The Bertz CT molecular complexity index is 197. The molecule has 0 radical (unpaired) electrons. The van der Waals surface area contributed by atoms with E-state index in [1.807, 2.05) is 0 Å². The highest BCUT2D eigenvalue weighted by molar-refractivity contribution is 6.02. The van der Waals surface area contributed by atoms with E-state index in [1.165, 1.54) is 0 Å². The van der Waals surface area contributed by atoms with Crippen LogP contribution in [-0.2, 0) is 9.59 Å². The van der Waals surface area contributed by atoms with Crippen LogP contribution >= 0.6 is 0 Å². The van der Waals surface area contributed by atoms with E-state index < -0.39 is 17.9 Å². The summed E-state index contributed by atoms with van der Waals surface area (Å²) < 4.78 is 0. The Kier molecular flexibility index (Phi) is 3.25. The van der Waals surface area contributed by atoms with E-state index in [-0.39, 0.29) is 0 Å². The summed E-state index contributed by atoms with van der Waals surface area (Å²) >= 11 is 0. The highest BCUT2D eigenvalue weighted by Gasteiger charge is 2.29. The maximum atomic E-state index is 10.9. The monoisotopic (exact) mass is 185 g/mol. The molecule has 0 unspecified atom stereocenters. The van der Waals surface area contributed by atoms with E-state index in [0.29, 0.717) is 0 Å². The van der Waals surface area contributed by atoms with Crippen LogP contribution in [-0.4, -0.2) is 35.8 Å². The first-order valence-corrected chi connectivity index (χ1v) is 4.45. The molecule has 0 bridgehead atoms. The Balaban J connectivity index is 2.62. The number of nitrogens with zero attached hydrogens (tertiary/aromatic N) is 1. The minimum Gasteiger partial charge on any atom is -0.368 e. The molecule has 0 aromatic rings. The maximum absolute atomic E-state index is 10.9. The number of nitrogens with two attached hydrogens (primary N) is 2. The number of hydrogen-bond acceptors (Lipinski definition) is 3. The Morgan fingerprint density at radius 3 is 1.85 bits per heavy atom. The van der Waals surface area contributed by atoms with Crippen molar-refractivity contribution in [1.29, 1.82) is 0 Å². The zero-order valence-electron chi connectivity index (χ0n) is 7.53. The fourth-order valence-corrected chi connectivity index (χ4v) is 1.68. The molecule has 0 aromatic heterocycles. The van der Waals surface area contributed by atoms with Gasteiger partial charge in [-0.05, 0) is 25.9 Å². The highest BCUT2D eigenvalue weighted by Crippen LogP contribution is 2.11. The van der Waals surface area contributed by atoms with Crippen molar-refractivity contribution in [3.63, 3.8) is 0 Å². The maximum Gasteiger partial charge on any atom is 0.244 e. The molecule has 1 rings (SSSR count). The van der Waals surface area contributed by atoms with Crippen molar-refractivity contribution in [2.45, 2.75) is 25.3 Å². The lowest BCUT2D eigenvalue weighted by Gasteiger charge is -2.30. The van der Waals surface area contributed by atoms with Gasteiger partial charge < -0.3 is 11.5 Å². The van der Waals surface area contributed by atoms with Crippen LogP contribution in [0.25, 0.3) is 0 Å². The lowest BCUT2D eigenvalue weighted by molar-refractivity contribution is -0.134. The van der Waals surface area contributed by atoms with Crippen LogP contribution in [0, 0.1) is 0 Å². The highest BCUT2D eigenvalue weighted by atomic mass is 16.2. The second-order valence-electron chi connectivity index (χ2n) is 3.30. The smallest absolute Gasteiger partial charge is 0.244 e. The Morgan fingerprint density at radius 2 is 1.46 bits per heavy atom. The van der Waals surface area contributed by atoms with E-state index in [4.69, 9.17) is 11.5 Å². The summed E-state index contributed by atoms with van der Waals surface area (Å²) in [6.07, 6.45) is 3.13. The molecule has 2 amide bonds. The molecule has 0 spiro atoms. The quantitative estimate of drug-likeness (QED) is 0.542. The van der Waals surface area contributed by atoms with Gasteiger partial charge in [0.15, 0.2) is 6.04 Å². The van der Waals surface area contributed by atoms with Gasteiger partial charge in [0.25, 0.3) is 0 Å². The summed E-state index contributed by atoms with van der Waals surface area (Å²) in [6.45, 7) is 1.47. The van der Waals surface area contributed by atoms with Gasteiger partial charge in [-0.1, -0.05) is 6.42 Å². The van der Waals surface area contributed by atoms with E-state index >= 15 is 0 Å². The molecule has 1 aliphatic heterocycles. The van der Waals surface area contributed by atoms with Gasteiger partial charge in [-0.15, -0.1) is 0 Å². The number of piperidine rings is 1. The third kappa shape index (κ3) is 2.42. The van der Waals surface area contributed by atoms with E-state index in [1.54, 1.807) is 4.90 Å². The lowest BCUT2D eigenvalue weighted by atomic mass is 10.1. The third-order valence-electron chi connectivity index (χ3n) is 2.29. The standard InChI is InChI=1S/C8H15N3O2/c9-7(12)6(8(10)13)11-4-2-1-3-5-11/h6H,1-5H2,(H2,9,12)(H2,10,13). The molecule has 13 heavy (non-hydrogen) atoms. The van der Waals surface area contributed by atoms with E-state index in [0.717, 1.165) is 32.4 Å². The normalized spacial score (nSPS) is 18.8. The molecule has 0 saturated carbocycles. The molecule has 5 heteroatoms. The number of carbonyl (C=O) groups excluding carboxylic acids is 2. The van der Waals surface area contributed by atoms with Gasteiger partial charge in [0.05, 0.1) is 0 Å². The van der Waals surface area contributed by atoms with Crippen molar-refractivity contribution in [3.05, 3.63) is 0 Å². The number of rotatable bonds is 3. The topological polar surface area (TPSA) is 89.4 Å². The molecule has 1 fully saturated rings. The van der Waals surface area contributed by atoms with Crippen molar-refractivity contribution < 1.29 is 9.59 Å². The Morgan fingerprint density at radius 1 is 1.00 bits per heavy atom. The van der Waals surface area contributed by atoms with Crippen LogP contribution in [0.4, 0.5) is 0 Å². The molecule has 0 aromatic carbocycles. The zero-order valence-corrected chi connectivity index (χ0v) is 7.53. The van der Waals surface area contributed by atoms with Crippen molar-refractivity contribution in [2.24, 2.45) is 11.5 Å². The second-order valence-corrected chi connectivity index (χ2v) is 3.30. The van der Waals surface area contributed by atoms with Gasteiger partial charge in [-0.2, -0.15) is 0 Å². The minimum absolute atomic E-state index is 0.644. The number of likely N-dealkylation sites (tertiary alicyclic amines) is 1. The second kappa shape index (κ2) is 4.23. The van der Waals surface area contributed by atoms with E-state index in [9.17, 15) is 9.59 Å². The molecule has 0 atom stereocenters. The summed E-state index contributed by atoms with van der Waals surface area (Å²) in [6, 6.07) is -0.916. The van der Waals surface area contributed by atoms with Crippen LogP contribution in [0.3, 0.4) is 0 Å².